The van der Waals surface area contributed by atoms with Crippen LogP contribution in [0, 0.1) is 0 Å². The van der Waals surface area contributed by atoms with Crippen molar-refractivity contribution in [1.82, 2.24) is 15.1 Å². The number of phosphoric acid groups is 3. The number of guanidine groups is 2. The van der Waals surface area contributed by atoms with E-state index in [0.29, 0.717) is 77.7 Å². The third-order valence-corrected chi connectivity index (χ3v) is 11.1. The van der Waals surface area contributed by atoms with Crippen LogP contribution in [0.3, 0.4) is 0 Å². The third-order valence-electron chi connectivity index (χ3n) is 8.77. The Morgan fingerprint density at radius 3 is 1.48 bits per heavy atom. The smallest absolute Gasteiger partial charge is 0.370 e. The van der Waals surface area contributed by atoms with Gasteiger partial charge in [-0.1, -0.05) is 44.9 Å². The van der Waals surface area contributed by atoms with E-state index in [1.807, 2.05) is 0 Å². The molecule has 2 unspecified atom stereocenters. The summed E-state index contributed by atoms with van der Waals surface area (Å²) >= 11 is 0. The molecule has 0 saturated carbocycles. The van der Waals surface area contributed by atoms with Gasteiger partial charge in [0.15, 0.2) is 25.5 Å². The SMILES string of the molecule is NC(N)=NCCCCCCN(CCC(=O)NCCCCCCOP(=O)(O)OCO)C(=O)CCN(CCCCCCN=C(N)N)C(=O)CCCCCOP(=O)(O)OCOP(=O)(O)O. The van der Waals surface area contributed by atoms with Gasteiger partial charge < -0.3 is 62.7 Å². The topological polar surface area (TPSA) is 397 Å². The highest BCUT2D eigenvalue weighted by Gasteiger charge is 2.24. The van der Waals surface area contributed by atoms with E-state index >= 15 is 0 Å². The molecule has 0 aromatic carbocycles. The Hall–Kier alpha value is -2.76. The lowest BCUT2D eigenvalue weighted by atomic mass is 10.1. The Balaban J connectivity index is 5.23. The van der Waals surface area contributed by atoms with E-state index in [4.69, 9.17) is 46.9 Å². The van der Waals surface area contributed by atoms with Crippen molar-refractivity contribution in [2.24, 2.45) is 32.9 Å². The van der Waals surface area contributed by atoms with Crippen LogP contribution in [0.2, 0.25) is 0 Å². The lowest BCUT2D eigenvalue weighted by Crippen LogP contribution is -2.39. The van der Waals surface area contributed by atoms with E-state index in [2.05, 4.69) is 28.9 Å². The van der Waals surface area contributed by atoms with Gasteiger partial charge in [-0.3, -0.25) is 47.0 Å². The highest BCUT2D eigenvalue weighted by Crippen LogP contribution is 2.45. The van der Waals surface area contributed by atoms with Crippen LogP contribution in [-0.2, 0) is 50.7 Å². The van der Waals surface area contributed by atoms with E-state index in [1.54, 1.807) is 9.80 Å². The molecule has 0 bridgehead atoms. The molecular formula is C34H72N9O16P3. The Morgan fingerprint density at radius 2 is 0.968 bits per heavy atom. The standard InChI is InChI=1S/C34H72N9O16P3/c35-33(36)40-20-10-1-4-12-22-42(24-17-30(45)39-19-9-3-6-14-26-55-61(51,52)57-28-44)32(47)18-25-43(23-13-5-2-11-21-41-34(37)38)31(46)16-8-7-15-27-56-62(53,54)59-29-58-60(48,49)50/h44H,1-29H2,(H,39,45)(H,51,52)(H,53,54)(H4,35,36,40)(H4,37,38,41)(H2,48,49,50). The van der Waals surface area contributed by atoms with Crippen LogP contribution in [-0.4, -0.2) is 137 Å². The number of phosphoric ester groups is 3. The minimum absolute atomic E-state index is 0.0180. The van der Waals surface area contributed by atoms with Gasteiger partial charge in [-0.05, 0) is 51.4 Å². The van der Waals surface area contributed by atoms with Crippen LogP contribution in [0.5, 0.6) is 0 Å². The van der Waals surface area contributed by atoms with Crippen molar-refractivity contribution in [1.29, 1.82) is 0 Å². The summed E-state index contributed by atoms with van der Waals surface area (Å²) in [7, 11) is -13.8. The summed E-state index contributed by atoms with van der Waals surface area (Å²) in [6.45, 7) is 0.224. The van der Waals surface area contributed by atoms with Crippen LogP contribution in [0.25, 0.3) is 0 Å². The monoisotopic (exact) mass is 955 g/mol. The van der Waals surface area contributed by atoms with Crippen LogP contribution in [0.1, 0.15) is 116 Å². The van der Waals surface area contributed by atoms with E-state index < -0.39 is 37.1 Å². The van der Waals surface area contributed by atoms with Crippen LogP contribution in [0.15, 0.2) is 9.98 Å². The third kappa shape index (κ3) is 37.8. The van der Waals surface area contributed by atoms with Gasteiger partial charge >= 0.3 is 23.5 Å². The summed E-state index contributed by atoms with van der Waals surface area (Å²) in [6, 6.07) is 0. The zero-order valence-electron chi connectivity index (χ0n) is 35.7. The number of nitrogens with zero attached hydrogens (tertiary/aromatic N) is 4. The quantitative estimate of drug-likeness (QED) is 0.0137. The number of nitrogens with one attached hydrogen (secondary N) is 1. The second-order valence-electron chi connectivity index (χ2n) is 14.0. The lowest BCUT2D eigenvalue weighted by molar-refractivity contribution is -0.134. The fourth-order valence-corrected chi connectivity index (χ4v) is 7.05. The molecule has 0 saturated heterocycles. The Kier molecular flexibility index (Phi) is 34.0. The zero-order valence-corrected chi connectivity index (χ0v) is 38.4. The van der Waals surface area contributed by atoms with E-state index in [9.17, 15) is 37.9 Å². The van der Waals surface area contributed by atoms with Crippen molar-refractivity contribution in [3.05, 3.63) is 0 Å². The van der Waals surface area contributed by atoms with Crippen molar-refractivity contribution in [3.63, 3.8) is 0 Å². The molecule has 364 valence electrons. The second-order valence-corrected chi connectivity index (χ2v) is 18.2. The molecule has 0 aliphatic carbocycles. The minimum Gasteiger partial charge on any atom is -0.370 e. The molecular weight excluding hydrogens is 883 g/mol. The maximum atomic E-state index is 13.6. The Bertz CT molecular complexity index is 1450. The first-order chi connectivity index (χ1) is 29.3. The predicted octanol–water partition coefficient (Wildman–Crippen LogP) is 1.61. The fourth-order valence-electron chi connectivity index (χ4n) is 5.58. The molecule has 0 aromatic rings. The summed E-state index contributed by atoms with van der Waals surface area (Å²) in [5.41, 5.74) is 21.6. The van der Waals surface area contributed by atoms with E-state index in [0.717, 1.165) is 44.9 Å². The molecule has 0 spiro atoms. The maximum absolute atomic E-state index is 13.6. The molecule has 0 heterocycles. The summed E-state index contributed by atoms with van der Waals surface area (Å²) in [6.07, 6.45) is 10.1. The largest absolute Gasteiger partial charge is 0.474 e. The fraction of sp³-hybridized carbons (Fsp3) is 0.853. The molecule has 2 atom stereocenters. The molecule has 0 aromatic heterocycles. The molecule has 0 radical (unpaired) electrons. The lowest BCUT2D eigenvalue weighted by Gasteiger charge is -2.26. The van der Waals surface area contributed by atoms with E-state index in [-0.39, 0.29) is 81.6 Å². The average Bonchev–Trinajstić information content (AvgIpc) is 3.17. The number of hydrogen-bond donors (Lipinski definition) is 10. The summed E-state index contributed by atoms with van der Waals surface area (Å²) < 4.78 is 56.0. The summed E-state index contributed by atoms with van der Waals surface area (Å²) in [5.74, 6) is -0.560. The van der Waals surface area contributed by atoms with Crippen molar-refractivity contribution < 1.29 is 75.4 Å². The molecule has 25 nitrogen and oxygen atoms in total. The molecule has 0 rings (SSSR count). The number of hydrogen-bond acceptors (Lipinski definition) is 14. The number of aliphatic imine (C=N–C) groups is 2. The minimum atomic E-state index is -4.90. The number of carbonyl (C=O) groups excluding carboxylic acids is 3. The summed E-state index contributed by atoms with van der Waals surface area (Å²) in [4.78, 5) is 87.3. The van der Waals surface area contributed by atoms with Gasteiger partial charge in [-0.15, -0.1) is 0 Å². The number of amides is 3. The number of aliphatic hydroxyl groups excluding tert-OH is 1. The Morgan fingerprint density at radius 1 is 0.516 bits per heavy atom. The van der Waals surface area contributed by atoms with Crippen molar-refractivity contribution in [2.45, 2.75) is 116 Å². The van der Waals surface area contributed by atoms with Gasteiger partial charge in [-0.25, -0.2) is 13.7 Å². The van der Waals surface area contributed by atoms with Gasteiger partial charge in [0.05, 0.1) is 13.2 Å². The van der Waals surface area contributed by atoms with Gasteiger partial charge in [0.25, 0.3) is 0 Å². The van der Waals surface area contributed by atoms with Crippen LogP contribution >= 0.6 is 23.5 Å². The molecule has 0 aliphatic rings. The molecule has 62 heavy (non-hydrogen) atoms. The molecule has 3 amide bonds. The van der Waals surface area contributed by atoms with Gasteiger partial charge in [0.1, 0.15) is 0 Å². The summed E-state index contributed by atoms with van der Waals surface area (Å²) in [5, 5.41) is 11.4. The predicted molar refractivity (Wildman–Crippen MR) is 229 cm³/mol. The van der Waals surface area contributed by atoms with Gasteiger partial charge in [0, 0.05) is 65.1 Å². The van der Waals surface area contributed by atoms with Gasteiger partial charge in [-0.2, -0.15) is 0 Å². The normalized spacial score (nSPS) is 13.4. The number of nitrogens with two attached hydrogens (primary N) is 4. The number of carbonyl (C=O) groups is 3. The first-order valence-corrected chi connectivity index (χ1v) is 25.3. The molecule has 28 heteroatoms. The molecule has 14 N–H and O–H groups in total. The second kappa shape index (κ2) is 35.6. The first-order valence-electron chi connectivity index (χ1n) is 20.7. The number of aliphatic hydroxyl groups is 1. The molecule has 0 aliphatic heterocycles. The highest BCUT2D eigenvalue weighted by atomic mass is 31.2. The van der Waals surface area contributed by atoms with Crippen LogP contribution in [0.4, 0.5) is 0 Å². The number of rotatable bonds is 41. The molecule has 0 fully saturated rings. The van der Waals surface area contributed by atoms with Gasteiger partial charge in [0.2, 0.25) is 17.7 Å². The van der Waals surface area contributed by atoms with E-state index in [1.165, 1.54) is 0 Å². The van der Waals surface area contributed by atoms with Crippen molar-refractivity contribution >= 4 is 53.1 Å². The average molecular weight is 956 g/mol. The Labute approximate surface area is 364 Å². The number of unbranched alkanes of at least 4 members (excludes halogenated alkanes) is 11. The highest BCUT2D eigenvalue weighted by molar-refractivity contribution is 7.48. The van der Waals surface area contributed by atoms with Crippen LogP contribution < -0.4 is 28.3 Å². The maximum Gasteiger partial charge on any atom is 0.474 e. The first kappa shape index (κ1) is 59.2. The van der Waals surface area contributed by atoms with Crippen molar-refractivity contribution in [3.8, 4) is 0 Å². The zero-order chi connectivity index (χ0) is 46.7. The van der Waals surface area contributed by atoms with Crippen molar-refractivity contribution in [2.75, 3.05) is 72.6 Å².